The predicted octanol–water partition coefficient (Wildman–Crippen LogP) is 5.62. The van der Waals surface area contributed by atoms with Gasteiger partial charge in [0, 0.05) is 17.8 Å². The molecule has 1 unspecified atom stereocenters. The van der Waals surface area contributed by atoms with Crippen molar-refractivity contribution in [2.75, 3.05) is 18.4 Å². The maximum atomic E-state index is 13.8. The summed E-state index contributed by atoms with van der Waals surface area (Å²) in [6.07, 6.45) is 2.85. The Morgan fingerprint density at radius 1 is 0.973 bits per heavy atom. The third-order valence-corrected chi connectivity index (χ3v) is 5.88. The van der Waals surface area contributed by atoms with Gasteiger partial charge in [-0.1, -0.05) is 62.6 Å². The van der Waals surface area contributed by atoms with Crippen molar-refractivity contribution in [3.63, 3.8) is 0 Å². The normalized spacial score (nSPS) is 11.9. The molecule has 3 amide bonds. The minimum absolute atomic E-state index is 0.0427. The van der Waals surface area contributed by atoms with Crippen molar-refractivity contribution in [3.8, 4) is 5.75 Å². The van der Waals surface area contributed by atoms with E-state index in [9.17, 15) is 19.5 Å². The van der Waals surface area contributed by atoms with Gasteiger partial charge in [-0.2, -0.15) is 0 Å². The predicted molar refractivity (Wildman–Crippen MR) is 145 cm³/mol. The maximum Gasteiger partial charge on any atom is 0.408 e. The number of benzene rings is 2. The van der Waals surface area contributed by atoms with Gasteiger partial charge in [-0.3, -0.25) is 9.59 Å². The van der Waals surface area contributed by atoms with Crippen molar-refractivity contribution in [1.82, 2.24) is 10.2 Å². The van der Waals surface area contributed by atoms with Gasteiger partial charge in [0.25, 0.3) is 5.91 Å². The van der Waals surface area contributed by atoms with E-state index < -0.39 is 29.6 Å². The molecule has 0 saturated heterocycles. The van der Waals surface area contributed by atoms with Gasteiger partial charge in [0.05, 0.1) is 0 Å². The highest BCUT2D eigenvalue weighted by Gasteiger charge is 2.34. The van der Waals surface area contributed by atoms with Gasteiger partial charge >= 0.3 is 6.09 Å². The van der Waals surface area contributed by atoms with Crippen LogP contribution in [0.25, 0.3) is 0 Å². The summed E-state index contributed by atoms with van der Waals surface area (Å²) >= 11 is 0. The summed E-state index contributed by atoms with van der Waals surface area (Å²) in [6, 6.07) is 11.4. The molecular weight excluding hydrogens is 470 g/mol. The van der Waals surface area contributed by atoms with Crippen LogP contribution in [0.5, 0.6) is 5.75 Å². The number of para-hydroxylation sites is 2. The first-order valence-corrected chi connectivity index (χ1v) is 12.9. The van der Waals surface area contributed by atoms with Crippen molar-refractivity contribution in [1.29, 1.82) is 0 Å². The molecule has 0 aliphatic rings. The SMILES string of the molecule is CCCCCCN(C(=O)CNC(=O)OC(C)(C)C)C(C(=O)Nc1ccccc1C)c1cccc(C)c1O. The Labute approximate surface area is 220 Å². The zero-order valence-electron chi connectivity index (χ0n) is 22.9. The Kier molecular flexibility index (Phi) is 11.0. The summed E-state index contributed by atoms with van der Waals surface area (Å²) < 4.78 is 5.26. The van der Waals surface area contributed by atoms with Crippen molar-refractivity contribution < 1.29 is 24.2 Å². The fraction of sp³-hybridized carbons (Fsp3) is 0.483. The molecule has 0 bridgehead atoms. The van der Waals surface area contributed by atoms with Crippen LogP contribution in [-0.4, -0.2) is 46.6 Å². The molecule has 0 saturated carbocycles. The van der Waals surface area contributed by atoms with Gasteiger partial charge in [0.15, 0.2) is 0 Å². The molecule has 3 N–H and O–H groups in total. The highest BCUT2D eigenvalue weighted by Crippen LogP contribution is 2.33. The topological polar surface area (TPSA) is 108 Å². The number of anilines is 1. The number of carbonyl (C=O) groups excluding carboxylic acids is 3. The van der Waals surface area contributed by atoms with E-state index in [0.717, 1.165) is 24.8 Å². The summed E-state index contributed by atoms with van der Waals surface area (Å²) in [6.45, 7) is 10.9. The zero-order chi connectivity index (χ0) is 27.6. The third-order valence-electron chi connectivity index (χ3n) is 5.88. The number of ether oxygens (including phenoxy) is 1. The van der Waals surface area contributed by atoms with Crippen LogP contribution in [-0.2, 0) is 14.3 Å². The third kappa shape index (κ3) is 9.12. The zero-order valence-corrected chi connectivity index (χ0v) is 22.9. The smallest absolute Gasteiger partial charge is 0.408 e. The second kappa shape index (κ2) is 13.7. The second-order valence-electron chi connectivity index (χ2n) is 10.2. The number of nitrogens with one attached hydrogen (secondary N) is 2. The molecule has 0 aromatic heterocycles. The number of unbranched alkanes of at least 4 members (excludes halogenated alkanes) is 3. The fourth-order valence-electron chi connectivity index (χ4n) is 3.94. The quantitative estimate of drug-likeness (QED) is 0.339. The average molecular weight is 512 g/mol. The molecule has 8 heteroatoms. The number of alkyl carbamates (subject to hydrolysis) is 1. The summed E-state index contributed by atoms with van der Waals surface area (Å²) in [5, 5.41) is 16.4. The monoisotopic (exact) mass is 511 g/mol. The molecule has 0 radical (unpaired) electrons. The Morgan fingerprint density at radius 2 is 1.65 bits per heavy atom. The van der Waals surface area contributed by atoms with Crippen molar-refractivity contribution >= 4 is 23.6 Å². The lowest BCUT2D eigenvalue weighted by Gasteiger charge is -2.32. The van der Waals surface area contributed by atoms with Crippen molar-refractivity contribution in [3.05, 3.63) is 59.2 Å². The standard InChI is InChI=1S/C29H41N3O5/c1-7-8-9-12-18-32(24(33)19-30-28(36)37-29(4,5)6)25(22-16-13-15-21(3)26(22)34)27(35)31-23-17-11-10-14-20(23)2/h10-11,13-17,25,34H,7-9,12,18-19H2,1-6H3,(H,30,36)(H,31,35). The van der Waals surface area contributed by atoms with E-state index in [2.05, 4.69) is 17.6 Å². The number of aromatic hydroxyl groups is 1. The molecule has 2 aromatic carbocycles. The maximum absolute atomic E-state index is 13.8. The van der Waals surface area contributed by atoms with Crippen LogP contribution < -0.4 is 10.6 Å². The van der Waals surface area contributed by atoms with Crippen LogP contribution in [0.15, 0.2) is 42.5 Å². The van der Waals surface area contributed by atoms with Crippen LogP contribution >= 0.6 is 0 Å². The van der Waals surface area contributed by atoms with E-state index >= 15 is 0 Å². The molecular formula is C29H41N3O5. The molecule has 0 heterocycles. The van der Waals surface area contributed by atoms with Gasteiger partial charge in [-0.25, -0.2) is 4.79 Å². The van der Waals surface area contributed by atoms with E-state index in [0.29, 0.717) is 23.2 Å². The summed E-state index contributed by atoms with van der Waals surface area (Å²) in [7, 11) is 0. The average Bonchev–Trinajstić information content (AvgIpc) is 2.82. The molecule has 2 rings (SSSR count). The number of nitrogens with zero attached hydrogens (tertiary/aromatic N) is 1. The lowest BCUT2D eigenvalue weighted by Crippen LogP contribution is -2.47. The Hall–Kier alpha value is -3.55. The molecule has 0 aliphatic carbocycles. The Bertz CT molecular complexity index is 1080. The number of rotatable bonds is 11. The number of phenolic OH excluding ortho intramolecular Hbond substituents is 1. The molecule has 8 nitrogen and oxygen atoms in total. The number of phenols is 1. The van der Waals surface area contributed by atoms with Crippen LogP contribution in [0.1, 0.15) is 76.1 Å². The first kappa shape index (κ1) is 29.7. The molecule has 37 heavy (non-hydrogen) atoms. The van der Waals surface area contributed by atoms with Gasteiger partial charge in [-0.15, -0.1) is 0 Å². The van der Waals surface area contributed by atoms with E-state index in [1.807, 2.05) is 25.1 Å². The molecule has 0 spiro atoms. The Morgan fingerprint density at radius 3 is 2.30 bits per heavy atom. The van der Waals surface area contributed by atoms with Crippen LogP contribution in [0, 0.1) is 13.8 Å². The molecule has 2 aromatic rings. The van der Waals surface area contributed by atoms with E-state index in [1.54, 1.807) is 52.0 Å². The van der Waals surface area contributed by atoms with Gasteiger partial charge in [0.2, 0.25) is 5.91 Å². The van der Waals surface area contributed by atoms with E-state index in [-0.39, 0.29) is 18.8 Å². The highest BCUT2D eigenvalue weighted by atomic mass is 16.6. The van der Waals surface area contributed by atoms with Crippen LogP contribution in [0.2, 0.25) is 0 Å². The summed E-state index contributed by atoms with van der Waals surface area (Å²) in [5.41, 5.74) is 1.70. The van der Waals surface area contributed by atoms with Gasteiger partial charge in [0.1, 0.15) is 23.9 Å². The molecule has 1 atom stereocenters. The first-order valence-electron chi connectivity index (χ1n) is 12.9. The lowest BCUT2D eigenvalue weighted by atomic mass is 9.99. The molecule has 202 valence electrons. The minimum atomic E-state index is -1.10. The van der Waals surface area contributed by atoms with Gasteiger partial charge < -0.3 is 25.4 Å². The van der Waals surface area contributed by atoms with Crippen molar-refractivity contribution in [2.45, 2.75) is 78.9 Å². The fourth-order valence-corrected chi connectivity index (χ4v) is 3.94. The van der Waals surface area contributed by atoms with Crippen molar-refractivity contribution in [2.24, 2.45) is 0 Å². The lowest BCUT2D eigenvalue weighted by molar-refractivity contribution is -0.138. The number of carbonyl (C=O) groups is 3. The number of hydrogen-bond donors (Lipinski definition) is 3. The summed E-state index contributed by atoms with van der Waals surface area (Å²) in [5.74, 6) is -0.941. The number of aryl methyl sites for hydroxylation is 2. The summed E-state index contributed by atoms with van der Waals surface area (Å²) in [4.78, 5) is 40.9. The van der Waals surface area contributed by atoms with E-state index in [1.165, 1.54) is 4.90 Å². The van der Waals surface area contributed by atoms with Crippen LogP contribution in [0.3, 0.4) is 0 Å². The van der Waals surface area contributed by atoms with E-state index in [4.69, 9.17) is 4.74 Å². The van der Waals surface area contributed by atoms with Gasteiger partial charge in [-0.05, 0) is 58.2 Å². The minimum Gasteiger partial charge on any atom is -0.507 e. The number of amides is 3. The second-order valence-corrected chi connectivity index (χ2v) is 10.2. The Balaban J connectivity index is 2.43. The van der Waals surface area contributed by atoms with Crippen LogP contribution in [0.4, 0.5) is 10.5 Å². The largest absolute Gasteiger partial charge is 0.507 e. The first-order chi connectivity index (χ1) is 17.4. The highest BCUT2D eigenvalue weighted by molar-refractivity contribution is 5.99. The molecule has 0 aliphatic heterocycles. The molecule has 0 fully saturated rings. The number of hydrogen-bond acceptors (Lipinski definition) is 5.